The standard InChI is InChI=1S/C19H22N2OS/c1-3-21-12-11-15-9-10-16(13-18(15)21)20-19(22)14(2)23-17-7-5-4-6-8-17/h4-10,13-14H,3,11-12H2,1-2H3,(H,20,22). The van der Waals surface area contributed by atoms with E-state index in [1.807, 2.05) is 43.3 Å². The maximum atomic E-state index is 12.4. The topological polar surface area (TPSA) is 32.3 Å². The van der Waals surface area contributed by atoms with Crippen LogP contribution in [-0.4, -0.2) is 24.2 Å². The number of amides is 1. The van der Waals surface area contributed by atoms with E-state index in [2.05, 4.69) is 29.3 Å². The molecule has 2 aromatic carbocycles. The molecule has 0 radical (unpaired) electrons. The highest BCUT2D eigenvalue weighted by molar-refractivity contribution is 8.00. The van der Waals surface area contributed by atoms with Crippen LogP contribution in [-0.2, 0) is 11.2 Å². The fourth-order valence-corrected chi connectivity index (χ4v) is 3.74. The van der Waals surface area contributed by atoms with Crippen LogP contribution in [0.3, 0.4) is 0 Å². The second kappa shape index (κ2) is 7.09. The molecule has 4 heteroatoms. The molecular formula is C19H22N2OS. The lowest BCUT2D eigenvalue weighted by atomic mass is 10.1. The van der Waals surface area contributed by atoms with E-state index in [-0.39, 0.29) is 11.2 Å². The first-order chi connectivity index (χ1) is 11.2. The monoisotopic (exact) mass is 326 g/mol. The van der Waals surface area contributed by atoms with Crippen molar-refractivity contribution in [1.82, 2.24) is 0 Å². The number of nitrogens with zero attached hydrogens (tertiary/aromatic N) is 1. The molecule has 1 aliphatic heterocycles. The Morgan fingerprint density at radius 2 is 2.04 bits per heavy atom. The van der Waals surface area contributed by atoms with Crippen molar-refractivity contribution in [3.05, 3.63) is 54.1 Å². The summed E-state index contributed by atoms with van der Waals surface area (Å²) in [5.74, 6) is 0.0415. The van der Waals surface area contributed by atoms with Gasteiger partial charge in [-0.1, -0.05) is 24.3 Å². The van der Waals surface area contributed by atoms with Gasteiger partial charge in [0.25, 0.3) is 0 Å². The van der Waals surface area contributed by atoms with E-state index < -0.39 is 0 Å². The lowest BCUT2D eigenvalue weighted by Gasteiger charge is -2.18. The molecule has 3 rings (SSSR count). The van der Waals surface area contributed by atoms with Crippen molar-refractivity contribution in [2.24, 2.45) is 0 Å². The normalized spacial score (nSPS) is 14.4. The molecule has 120 valence electrons. The van der Waals surface area contributed by atoms with Gasteiger partial charge in [0.05, 0.1) is 5.25 Å². The lowest BCUT2D eigenvalue weighted by molar-refractivity contribution is -0.115. The quantitative estimate of drug-likeness (QED) is 0.836. The van der Waals surface area contributed by atoms with Gasteiger partial charge in [0.1, 0.15) is 0 Å². The molecule has 1 amide bonds. The van der Waals surface area contributed by atoms with Crippen LogP contribution in [0.15, 0.2) is 53.4 Å². The summed E-state index contributed by atoms with van der Waals surface area (Å²) in [7, 11) is 0. The molecule has 1 atom stereocenters. The summed E-state index contributed by atoms with van der Waals surface area (Å²) < 4.78 is 0. The van der Waals surface area contributed by atoms with Gasteiger partial charge in [-0.15, -0.1) is 11.8 Å². The van der Waals surface area contributed by atoms with Crippen molar-refractivity contribution >= 4 is 29.0 Å². The lowest BCUT2D eigenvalue weighted by Crippen LogP contribution is -2.23. The molecule has 0 aromatic heterocycles. The van der Waals surface area contributed by atoms with E-state index in [0.717, 1.165) is 30.1 Å². The molecule has 0 bridgehead atoms. The van der Waals surface area contributed by atoms with Gasteiger partial charge in [0.15, 0.2) is 0 Å². The van der Waals surface area contributed by atoms with Crippen LogP contribution >= 0.6 is 11.8 Å². The number of anilines is 2. The highest BCUT2D eigenvalue weighted by atomic mass is 32.2. The maximum absolute atomic E-state index is 12.4. The van der Waals surface area contributed by atoms with E-state index in [0.29, 0.717) is 0 Å². The van der Waals surface area contributed by atoms with Gasteiger partial charge < -0.3 is 10.2 Å². The third-order valence-electron chi connectivity index (χ3n) is 4.15. The van der Waals surface area contributed by atoms with Crippen LogP contribution < -0.4 is 10.2 Å². The predicted molar refractivity (Wildman–Crippen MR) is 98.4 cm³/mol. The summed E-state index contributed by atoms with van der Waals surface area (Å²) in [6.45, 7) is 6.19. The minimum atomic E-state index is -0.132. The Morgan fingerprint density at radius 3 is 2.78 bits per heavy atom. The van der Waals surface area contributed by atoms with Crippen LogP contribution in [0, 0.1) is 0 Å². The first kappa shape index (κ1) is 15.9. The summed E-state index contributed by atoms with van der Waals surface area (Å²) in [6.07, 6.45) is 1.09. The fourth-order valence-electron chi connectivity index (χ4n) is 2.85. The van der Waals surface area contributed by atoms with Crippen molar-refractivity contribution in [3.63, 3.8) is 0 Å². The molecule has 1 N–H and O–H groups in total. The zero-order chi connectivity index (χ0) is 16.2. The van der Waals surface area contributed by atoms with Gasteiger partial charge in [0.2, 0.25) is 5.91 Å². The molecule has 0 saturated carbocycles. The van der Waals surface area contributed by atoms with E-state index >= 15 is 0 Å². The van der Waals surface area contributed by atoms with Crippen LogP contribution in [0.5, 0.6) is 0 Å². The smallest absolute Gasteiger partial charge is 0.237 e. The van der Waals surface area contributed by atoms with Crippen molar-refractivity contribution in [3.8, 4) is 0 Å². The number of nitrogens with one attached hydrogen (secondary N) is 1. The summed E-state index contributed by atoms with van der Waals surface area (Å²) in [4.78, 5) is 15.9. The Balaban J connectivity index is 1.66. The summed E-state index contributed by atoms with van der Waals surface area (Å²) in [5.41, 5.74) is 3.51. The number of hydrogen-bond donors (Lipinski definition) is 1. The fraction of sp³-hybridized carbons (Fsp3) is 0.316. The van der Waals surface area contributed by atoms with Gasteiger partial charge in [-0.2, -0.15) is 0 Å². The second-order valence-corrected chi connectivity index (χ2v) is 7.15. The molecular weight excluding hydrogens is 304 g/mol. The number of likely N-dealkylation sites (N-methyl/N-ethyl adjacent to an activating group) is 1. The number of rotatable bonds is 5. The van der Waals surface area contributed by atoms with Crippen molar-refractivity contribution in [2.45, 2.75) is 30.4 Å². The van der Waals surface area contributed by atoms with Gasteiger partial charge in [-0.05, 0) is 50.1 Å². The van der Waals surface area contributed by atoms with Gasteiger partial charge in [0, 0.05) is 29.4 Å². The third-order valence-corrected chi connectivity index (χ3v) is 5.26. The van der Waals surface area contributed by atoms with E-state index in [1.165, 1.54) is 11.3 Å². The predicted octanol–water partition coefficient (Wildman–Crippen LogP) is 4.19. The van der Waals surface area contributed by atoms with E-state index in [4.69, 9.17) is 0 Å². The molecule has 0 aliphatic carbocycles. The summed E-state index contributed by atoms with van der Waals surface area (Å²) in [5, 5.41) is 2.92. The summed E-state index contributed by atoms with van der Waals surface area (Å²) in [6, 6.07) is 16.3. The number of hydrogen-bond acceptors (Lipinski definition) is 3. The Bertz CT molecular complexity index is 687. The first-order valence-electron chi connectivity index (χ1n) is 8.08. The number of fused-ring (bicyclic) bond motifs is 1. The van der Waals surface area contributed by atoms with Crippen molar-refractivity contribution in [1.29, 1.82) is 0 Å². The minimum Gasteiger partial charge on any atom is -0.371 e. The highest BCUT2D eigenvalue weighted by Crippen LogP contribution is 2.31. The Hall–Kier alpha value is -1.94. The molecule has 0 spiro atoms. The molecule has 23 heavy (non-hydrogen) atoms. The molecule has 0 saturated heterocycles. The van der Waals surface area contributed by atoms with Crippen LogP contribution in [0.1, 0.15) is 19.4 Å². The number of thioether (sulfide) groups is 1. The second-order valence-electron chi connectivity index (χ2n) is 5.74. The Morgan fingerprint density at radius 1 is 1.26 bits per heavy atom. The highest BCUT2D eigenvalue weighted by Gasteiger charge is 2.19. The third kappa shape index (κ3) is 3.70. The summed E-state index contributed by atoms with van der Waals surface area (Å²) >= 11 is 1.58. The van der Waals surface area contributed by atoms with Gasteiger partial charge in [-0.25, -0.2) is 0 Å². The van der Waals surface area contributed by atoms with Gasteiger partial charge in [-0.3, -0.25) is 4.79 Å². The largest absolute Gasteiger partial charge is 0.371 e. The zero-order valence-corrected chi connectivity index (χ0v) is 14.4. The average Bonchev–Trinajstić information content (AvgIpc) is 2.98. The molecule has 1 heterocycles. The van der Waals surface area contributed by atoms with Gasteiger partial charge >= 0.3 is 0 Å². The maximum Gasteiger partial charge on any atom is 0.237 e. The van der Waals surface area contributed by atoms with Crippen LogP contribution in [0.25, 0.3) is 0 Å². The molecule has 3 nitrogen and oxygen atoms in total. The minimum absolute atomic E-state index is 0.0415. The number of carbonyl (C=O) groups excluding carboxylic acids is 1. The Labute approximate surface area is 142 Å². The van der Waals surface area contributed by atoms with E-state index in [1.54, 1.807) is 11.8 Å². The SMILES string of the molecule is CCN1CCc2ccc(NC(=O)C(C)Sc3ccccc3)cc21. The van der Waals surface area contributed by atoms with Crippen LogP contribution in [0.4, 0.5) is 11.4 Å². The molecule has 1 unspecified atom stereocenters. The first-order valence-corrected chi connectivity index (χ1v) is 8.96. The number of carbonyl (C=O) groups is 1. The average molecular weight is 326 g/mol. The number of benzene rings is 2. The van der Waals surface area contributed by atoms with Crippen LogP contribution in [0.2, 0.25) is 0 Å². The van der Waals surface area contributed by atoms with E-state index in [9.17, 15) is 4.79 Å². The zero-order valence-electron chi connectivity index (χ0n) is 13.6. The molecule has 2 aromatic rings. The Kier molecular flexibility index (Phi) is 4.91. The van der Waals surface area contributed by atoms with Crippen molar-refractivity contribution in [2.75, 3.05) is 23.3 Å². The van der Waals surface area contributed by atoms with Crippen molar-refractivity contribution < 1.29 is 4.79 Å². The molecule has 0 fully saturated rings. The molecule has 1 aliphatic rings.